The standard InChI is InChI=1S/C13H25N3S/c14-13(17)12-5-3-8-16(11-12)10-4-9-15-6-1-2-7-15/h12H,1-11H2,(H2,14,17). The molecule has 2 fully saturated rings. The molecule has 0 aromatic heterocycles. The maximum Gasteiger partial charge on any atom is 0.0771 e. The topological polar surface area (TPSA) is 32.5 Å². The van der Waals surface area contributed by atoms with Crippen LogP contribution in [0.1, 0.15) is 32.1 Å². The van der Waals surface area contributed by atoms with E-state index >= 15 is 0 Å². The Morgan fingerprint density at radius 3 is 2.41 bits per heavy atom. The Morgan fingerprint density at radius 1 is 1.06 bits per heavy atom. The lowest BCUT2D eigenvalue weighted by Crippen LogP contribution is -2.41. The van der Waals surface area contributed by atoms with Crippen molar-refractivity contribution >= 4 is 17.2 Å². The van der Waals surface area contributed by atoms with Gasteiger partial charge in [0.25, 0.3) is 0 Å². The van der Waals surface area contributed by atoms with E-state index in [-0.39, 0.29) is 0 Å². The minimum atomic E-state index is 0.463. The van der Waals surface area contributed by atoms with Crippen LogP contribution in [0.2, 0.25) is 0 Å². The van der Waals surface area contributed by atoms with Gasteiger partial charge >= 0.3 is 0 Å². The number of piperidine rings is 1. The molecule has 0 bridgehead atoms. The molecule has 0 aromatic carbocycles. The molecule has 2 N–H and O–H groups in total. The third-order valence-corrected chi connectivity index (χ3v) is 4.39. The minimum Gasteiger partial charge on any atom is -0.393 e. The van der Waals surface area contributed by atoms with Crippen molar-refractivity contribution in [1.82, 2.24) is 9.80 Å². The van der Waals surface area contributed by atoms with E-state index in [1.807, 2.05) is 0 Å². The van der Waals surface area contributed by atoms with Crippen LogP contribution in [-0.4, -0.2) is 54.1 Å². The van der Waals surface area contributed by atoms with Crippen molar-refractivity contribution in [3.8, 4) is 0 Å². The van der Waals surface area contributed by atoms with Crippen LogP contribution in [0.5, 0.6) is 0 Å². The zero-order valence-electron chi connectivity index (χ0n) is 10.7. The van der Waals surface area contributed by atoms with Gasteiger partial charge in [-0.2, -0.15) is 0 Å². The summed E-state index contributed by atoms with van der Waals surface area (Å²) in [5.74, 6) is 0.463. The lowest BCUT2D eigenvalue weighted by molar-refractivity contribution is 0.192. The van der Waals surface area contributed by atoms with Crippen molar-refractivity contribution in [3.05, 3.63) is 0 Å². The van der Waals surface area contributed by atoms with Gasteiger partial charge in [0, 0.05) is 12.5 Å². The second kappa shape index (κ2) is 6.66. The Balaban J connectivity index is 1.62. The van der Waals surface area contributed by atoms with E-state index in [1.165, 1.54) is 64.8 Å². The van der Waals surface area contributed by atoms with Gasteiger partial charge in [0.05, 0.1) is 4.99 Å². The molecule has 0 amide bonds. The molecule has 0 radical (unpaired) electrons. The van der Waals surface area contributed by atoms with Gasteiger partial charge in [0.2, 0.25) is 0 Å². The highest BCUT2D eigenvalue weighted by Crippen LogP contribution is 2.17. The fourth-order valence-corrected chi connectivity index (χ4v) is 3.21. The van der Waals surface area contributed by atoms with Crippen molar-refractivity contribution in [3.63, 3.8) is 0 Å². The molecule has 0 spiro atoms. The van der Waals surface area contributed by atoms with E-state index in [4.69, 9.17) is 18.0 Å². The Hall–Kier alpha value is -0.190. The first kappa shape index (κ1) is 13.2. The summed E-state index contributed by atoms with van der Waals surface area (Å²) in [6.45, 7) is 7.45. The molecule has 2 heterocycles. The summed E-state index contributed by atoms with van der Waals surface area (Å²) in [4.78, 5) is 5.85. The van der Waals surface area contributed by atoms with Gasteiger partial charge in [-0.1, -0.05) is 12.2 Å². The number of thiocarbonyl (C=S) groups is 1. The number of hydrogen-bond acceptors (Lipinski definition) is 3. The summed E-state index contributed by atoms with van der Waals surface area (Å²) < 4.78 is 0. The maximum atomic E-state index is 5.75. The lowest BCUT2D eigenvalue weighted by atomic mass is 9.98. The van der Waals surface area contributed by atoms with Crippen LogP contribution in [0.25, 0.3) is 0 Å². The molecule has 2 aliphatic heterocycles. The van der Waals surface area contributed by atoms with Crippen LogP contribution >= 0.6 is 12.2 Å². The summed E-state index contributed by atoms with van der Waals surface area (Å²) in [5, 5.41) is 0. The van der Waals surface area contributed by atoms with Crippen LogP contribution in [-0.2, 0) is 0 Å². The quantitative estimate of drug-likeness (QED) is 0.754. The summed E-state index contributed by atoms with van der Waals surface area (Å²) in [5.41, 5.74) is 5.75. The summed E-state index contributed by atoms with van der Waals surface area (Å²) in [7, 11) is 0. The van der Waals surface area contributed by atoms with Crippen LogP contribution in [0, 0.1) is 5.92 Å². The van der Waals surface area contributed by atoms with E-state index in [0.717, 1.165) is 6.54 Å². The predicted octanol–water partition coefficient (Wildman–Crippen LogP) is 1.47. The molecule has 17 heavy (non-hydrogen) atoms. The first-order valence-electron chi connectivity index (χ1n) is 7.00. The number of hydrogen-bond donors (Lipinski definition) is 1. The number of rotatable bonds is 5. The van der Waals surface area contributed by atoms with Crippen LogP contribution in [0.15, 0.2) is 0 Å². The molecule has 1 atom stereocenters. The van der Waals surface area contributed by atoms with Crippen LogP contribution < -0.4 is 5.73 Å². The normalized spacial score (nSPS) is 27.4. The molecular weight excluding hydrogens is 230 g/mol. The van der Waals surface area contributed by atoms with E-state index in [1.54, 1.807) is 0 Å². The molecule has 0 aliphatic carbocycles. The Labute approximate surface area is 110 Å². The van der Waals surface area contributed by atoms with Gasteiger partial charge in [0.1, 0.15) is 0 Å². The van der Waals surface area contributed by atoms with Gasteiger partial charge in [-0.15, -0.1) is 0 Å². The largest absolute Gasteiger partial charge is 0.393 e. The van der Waals surface area contributed by atoms with Crippen molar-refractivity contribution in [2.75, 3.05) is 39.3 Å². The van der Waals surface area contributed by atoms with Crippen molar-refractivity contribution < 1.29 is 0 Å². The molecule has 98 valence electrons. The summed E-state index contributed by atoms with van der Waals surface area (Å²) in [6.07, 6.45) is 6.54. The van der Waals surface area contributed by atoms with Gasteiger partial charge in [-0.3, -0.25) is 0 Å². The Kier molecular flexibility index (Phi) is 5.19. The third kappa shape index (κ3) is 4.19. The highest BCUT2D eigenvalue weighted by atomic mass is 32.1. The van der Waals surface area contributed by atoms with Gasteiger partial charge in [-0.25, -0.2) is 0 Å². The molecule has 2 aliphatic rings. The molecular formula is C13H25N3S. The molecule has 1 unspecified atom stereocenters. The van der Waals surface area contributed by atoms with Crippen molar-refractivity contribution in [2.45, 2.75) is 32.1 Å². The molecule has 3 nitrogen and oxygen atoms in total. The second-order valence-corrected chi connectivity index (χ2v) is 5.92. The number of likely N-dealkylation sites (tertiary alicyclic amines) is 2. The van der Waals surface area contributed by atoms with Crippen LogP contribution in [0.3, 0.4) is 0 Å². The molecule has 2 rings (SSSR count). The SMILES string of the molecule is NC(=S)C1CCCN(CCCN2CCCC2)C1. The lowest BCUT2D eigenvalue weighted by Gasteiger charge is -2.32. The maximum absolute atomic E-state index is 5.75. The monoisotopic (exact) mass is 255 g/mol. The molecule has 4 heteroatoms. The summed E-state index contributed by atoms with van der Waals surface area (Å²) in [6, 6.07) is 0. The first-order chi connectivity index (χ1) is 8.25. The number of nitrogens with two attached hydrogens (primary N) is 1. The predicted molar refractivity (Wildman–Crippen MR) is 76.2 cm³/mol. The molecule has 2 saturated heterocycles. The fraction of sp³-hybridized carbons (Fsp3) is 0.923. The van der Waals surface area contributed by atoms with Crippen LogP contribution in [0.4, 0.5) is 0 Å². The van der Waals surface area contributed by atoms with Crippen molar-refractivity contribution in [1.29, 1.82) is 0 Å². The van der Waals surface area contributed by atoms with E-state index < -0.39 is 0 Å². The minimum absolute atomic E-state index is 0.463. The molecule has 0 aromatic rings. The second-order valence-electron chi connectivity index (χ2n) is 5.44. The highest BCUT2D eigenvalue weighted by molar-refractivity contribution is 7.80. The van der Waals surface area contributed by atoms with Crippen molar-refractivity contribution in [2.24, 2.45) is 11.7 Å². The fourth-order valence-electron chi connectivity index (χ4n) is 3.02. The molecule has 0 saturated carbocycles. The van der Waals surface area contributed by atoms with E-state index in [0.29, 0.717) is 10.9 Å². The van der Waals surface area contributed by atoms with E-state index in [2.05, 4.69) is 9.80 Å². The third-order valence-electron chi connectivity index (χ3n) is 4.06. The Bertz CT molecular complexity index is 251. The smallest absolute Gasteiger partial charge is 0.0771 e. The summed E-state index contributed by atoms with van der Waals surface area (Å²) >= 11 is 5.11. The number of nitrogens with zero attached hydrogens (tertiary/aromatic N) is 2. The average molecular weight is 255 g/mol. The first-order valence-corrected chi connectivity index (χ1v) is 7.40. The zero-order chi connectivity index (χ0) is 12.1. The van der Waals surface area contributed by atoms with E-state index in [9.17, 15) is 0 Å². The Morgan fingerprint density at radius 2 is 1.71 bits per heavy atom. The van der Waals surface area contributed by atoms with Gasteiger partial charge in [-0.05, 0) is 64.8 Å². The van der Waals surface area contributed by atoms with Gasteiger partial charge in [0.15, 0.2) is 0 Å². The van der Waals surface area contributed by atoms with Gasteiger partial charge < -0.3 is 15.5 Å². The zero-order valence-corrected chi connectivity index (χ0v) is 11.6. The average Bonchev–Trinajstić information content (AvgIpc) is 2.82. The highest BCUT2D eigenvalue weighted by Gasteiger charge is 2.21.